The Bertz CT molecular complexity index is 353. The third-order valence-electron chi connectivity index (χ3n) is 2.29. The number of hydrogen-bond donors (Lipinski definition) is 3. The van der Waals surface area contributed by atoms with Crippen LogP contribution in [0.5, 0.6) is 0 Å². The van der Waals surface area contributed by atoms with Gasteiger partial charge in [0.2, 0.25) is 5.91 Å². The second kappa shape index (κ2) is 7.31. The molecule has 5 nitrogen and oxygen atoms in total. The van der Waals surface area contributed by atoms with Crippen LogP contribution in [0.4, 0.5) is 0 Å². The number of dihydropyridines is 1. The smallest absolute Gasteiger partial charge is 0.264 e. The maximum Gasteiger partial charge on any atom is 0.264 e. The van der Waals surface area contributed by atoms with Crippen molar-refractivity contribution < 1.29 is 9.59 Å². The molecule has 0 aromatic carbocycles. The molecule has 0 aromatic heterocycles. The second-order valence-electron chi connectivity index (χ2n) is 3.64. The molecule has 2 amide bonds. The van der Waals surface area contributed by atoms with Gasteiger partial charge in [0.25, 0.3) is 5.91 Å². The number of unbranched alkanes of at least 4 members (excludes halogenated alkanes) is 1. The molecule has 0 spiro atoms. The Kier molecular flexibility index (Phi) is 6.03. The summed E-state index contributed by atoms with van der Waals surface area (Å²) in [6.07, 6.45) is 6.96. The Morgan fingerprint density at radius 3 is 2.88 bits per heavy atom. The lowest BCUT2D eigenvalue weighted by molar-refractivity contribution is -0.122. The highest BCUT2D eigenvalue weighted by molar-refractivity contribution is 14.1. The van der Waals surface area contributed by atoms with Gasteiger partial charge < -0.3 is 16.4 Å². The van der Waals surface area contributed by atoms with Crippen LogP contribution >= 0.6 is 22.6 Å². The molecule has 94 valence electrons. The number of carbonyl (C=O) groups excluding carboxylic acids is 2. The van der Waals surface area contributed by atoms with E-state index in [1.165, 1.54) is 0 Å². The van der Waals surface area contributed by atoms with Crippen LogP contribution in [0, 0.1) is 0 Å². The van der Waals surface area contributed by atoms with Crippen LogP contribution in [0.1, 0.15) is 12.8 Å². The van der Waals surface area contributed by atoms with Gasteiger partial charge in [0, 0.05) is 6.54 Å². The van der Waals surface area contributed by atoms with Crippen LogP contribution in [-0.2, 0) is 9.59 Å². The van der Waals surface area contributed by atoms with Crippen LogP contribution in [0.15, 0.2) is 23.9 Å². The lowest BCUT2D eigenvalue weighted by atomic mass is 10.1. The number of primary amides is 1. The quantitative estimate of drug-likeness (QED) is 0.364. The van der Waals surface area contributed by atoms with Crippen molar-refractivity contribution >= 4 is 34.4 Å². The SMILES string of the molecule is NC(=O)C1=CC=CC(C(=O)NCCCCI)N1. The molecule has 17 heavy (non-hydrogen) atoms. The first-order valence-electron chi connectivity index (χ1n) is 5.43. The molecule has 0 bridgehead atoms. The van der Waals surface area contributed by atoms with Crippen LogP contribution in [0.2, 0.25) is 0 Å². The van der Waals surface area contributed by atoms with E-state index in [4.69, 9.17) is 5.73 Å². The average molecular weight is 349 g/mol. The Morgan fingerprint density at radius 1 is 1.47 bits per heavy atom. The molecule has 1 atom stereocenters. The number of alkyl halides is 1. The normalized spacial score (nSPS) is 18.2. The minimum atomic E-state index is -0.558. The summed E-state index contributed by atoms with van der Waals surface area (Å²) in [7, 11) is 0. The average Bonchev–Trinajstić information content (AvgIpc) is 2.34. The summed E-state index contributed by atoms with van der Waals surface area (Å²) in [6, 6.07) is -0.512. The van der Waals surface area contributed by atoms with E-state index in [1.807, 2.05) is 0 Å². The van der Waals surface area contributed by atoms with Gasteiger partial charge >= 0.3 is 0 Å². The van der Waals surface area contributed by atoms with Crippen molar-refractivity contribution in [1.82, 2.24) is 10.6 Å². The first-order chi connectivity index (χ1) is 8.15. The van der Waals surface area contributed by atoms with Gasteiger partial charge in [-0.05, 0) is 23.3 Å². The molecule has 4 N–H and O–H groups in total. The zero-order valence-corrected chi connectivity index (χ0v) is 11.6. The van der Waals surface area contributed by atoms with E-state index in [0.717, 1.165) is 17.3 Å². The van der Waals surface area contributed by atoms with E-state index in [9.17, 15) is 9.59 Å². The fraction of sp³-hybridized carbons (Fsp3) is 0.455. The highest BCUT2D eigenvalue weighted by Crippen LogP contribution is 2.02. The number of halogens is 1. The van der Waals surface area contributed by atoms with Crippen molar-refractivity contribution in [3.8, 4) is 0 Å². The van der Waals surface area contributed by atoms with Gasteiger partial charge in [-0.3, -0.25) is 9.59 Å². The van der Waals surface area contributed by atoms with Crippen LogP contribution < -0.4 is 16.4 Å². The topological polar surface area (TPSA) is 84.2 Å². The number of amides is 2. The third-order valence-corrected chi connectivity index (χ3v) is 3.05. The predicted octanol–water partition coefficient (Wildman–Crippen LogP) is 0.215. The van der Waals surface area contributed by atoms with E-state index in [1.54, 1.807) is 18.2 Å². The number of carbonyl (C=O) groups is 2. The predicted molar refractivity (Wildman–Crippen MR) is 74.5 cm³/mol. The fourth-order valence-corrected chi connectivity index (χ4v) is 1.91. The first-order valence-corrected chi connectivity index (χ1v) is 6.96. The van der Waals surface area contributed by atoms with E-state index >= 15 is 0 Å². The summed E-state index contributed by atoms with van der Waals surface area (Å²) in [5.41, 5.74) is 5.40. The summed E-state index contributed by atoms with van der Waals surface area (Å²) in [5, 5.41) is 5.59. The van der Waals surface area contributed by atoms with Crippen molar-refractivity contribution in [3.63, 3.8) is 0 Å². The third kappa shape index (κ3) is 4.76. The lowest BCUT2D eigenvalue weighted by Crippen LogP contribution is -2.45. The largest absolute Gasteiger partial charge is 0.366 e. The van der Waals surface area contributed by atoms with Crippen molar-refractivity contribution in [3.05, 3.63) is 23.9 Å². The summed E-state index contributed by atoms with van der Waals surface area (Å²) >= 11 is 2.30. The molecular weight excluding hydrogens is 333 g/mol. The molecule has 1 rings (SSSR count). The minimum absolute atomic E-state index is 0.137. The van der Waals surface area contributed by atoms with Crippen molar-refractivity contribution in [2.24, 2.45) is 5.73 Å². The Hall–Kier alpha value is -1.05. The monoisotopic (exact) mass is 349 g/mol. The summed E-state index contributed by atoms with van der Waals surface area (Å²) in [6.45, 7) is 0.656. The molecule has 0 saturated carbocycles. The summed E-state index contributed by atoms with van der Waals surface area (Å²) in [4.78, 5) is 22.7. The summed E-state index contributed by atoms with van der Waals surface area (Å²) < 4.78 is 1.09. The van der Waals surface area contributed by atoms with Gasteiger partial charge in [-0.1, -0.05) is 34.7 Å². The van der Waals surface area contributed by atoms with Gasteiger partial charge in [0.15, 0.2) is 0 Å². The van der Waals surface area contributed by atoms with Crippen LogP contribution in [0.3, 0.4) is 0 Å². The highest BCUT2D eigenvalue weighted by atomic mass is 127. The number of allylic oxidation sites excluding steroid dienone is 2. The number of hydrogen-bond acceptors (Lipinski definition) is 3. The lowest BCUT2D eigenvalue weighted by Gasteiger charge is -2.19. The zero-order valence-electron chi connectivity index (χ0n) is 9.41. The molecule has 0 saturated heterocycles. The zero-order chi connectivity index (χ0) is 12.7. The van der Waals surface area contributed by atoms with Crippen LogP contribution in [-0.4, -0.2) is 28.8 Å². The van der Waals surface area contributed by atoms with E-state index in [2.05, 4.69) is 33.2 Å². The molecule has 1 heterocycles. The van der Waals surface area contributed by atoms with Gasteiger partial charge in [-0.2, -0.15) is 0 Å². The van der Waals surface area contributed by atoms with Crippen molar-refractivity contribution in [2.75, 3.05) is 11.0 Å². The standard InChI is InChI=1S/C11H16IN3O2/c12-6-1-2-7-14-11(17)9-5-3-4-8(15-9)10(13)16/h3-5,9,15H,1-2,6-7H2,(H2,13,16)(H,14,17). The molecule has 0 fully saturated rings. The van der Waals surface area contributed by atoms with Crippen molar-refractivity contribution in [1.29, 1.82) is 0 Å². The number of nitrogens with two attached hydrogens (primary N) is 1. The molecule has 0 aromatic rings. The highest BCUT2D eigenvalue weighted by Gasteiger charge is 2.19. The maximum absolute atomic E-state index is 11.7. The van der Waals surface area contributed by atoms with Gasteiger partial charge in [0.05, 0.1) is 0 Å². The molecule has 6 heteroatoms. The van der Waals surface area contributed by atoms with E-state index in [0.29, 0.717) is 6.54 Å². The molecule has 1 aliphatic heterocycles. The molecule has 1 aliphatic rings. The minimum Gasteiger partial charge on any atom is -0.366 e. The molecular formula is C11H16IN3O2. The number of rotatable bonds is 6. The van der Waals surface area contributed by atoms with Gasteiger partial charge in [0.1, 0.15) is 11.7 Å². The van der Waals surface area contributed by atoms with E-state index in [-0.39, 0.29) is 11.6 Å². The van der Waals surface area contributed by atoms with Gasteiger partial charge in [-0.15, -0.1) is 0 Å². The fourth-order valence-electron chi connectivity index (χ4n) is 1.37. The second-order valence-corrected chi connectivity index (χ2v) is 4.72. The van der Waals surface area contributed by atoms with Gasteiger partial charge in [-0.25, -0.2) is 0 Å². The Labute approximate surface area is 114 Å². The first kappa shape index (κ1) is 14.0. The van der Waals surface area contributed by atoms with Crippen LogP contribution in [0.25, 0.3) is 0 Å². The maximum atomic E-state index is 11.7. The Balaban J connectivity index is 2.37. The molecule has 0 aliphatic carbocycles. The van der Waals surface area contributed by atoms with E-state index < -0.39 is 11.9 Å². The Morgan fingerprint density at radius 2 is 2.24 bits per heavy atom. The number of nitrogens with one attached hydrogen (secondary N) is 2. The molecule has 1 unspecified atom stereocenters. The van der Waals surface area contributed by atoms with Crippen molar-refractivity contribution in [2.45, 2.75) is 18.9 Å². The molecule has 0 radical (unpaired) electrons. The summed E-state index contributed by atoms with van der Waals surface area (Å²) in [5.74, 6) is -0.696.